The lowest BCUT2D eigenvalue weighted by Gasteiger charge is -2.28. The molecule has 2 N–H and O–H groups in total. The first kappa shape index (κ1) is 12.9. The van der Waals surface area contributed by atoms with Gasteiger partial charge in [0.2, 0.25) is 0 Å². The Morgan fingerprint density at radius 3 is 2.82 bits per heavy atom. The number of hydrogen-bond acceptors (Lipinski definition) is 4. The van der Waals surface area contributed by atoms with Crippen LogP contribution in [0, 0.1) is 5.92 Å². The van der Waals surface area contributed by atoms with Gasteiger partial charge < -0.3 is 10.4 Å². The maximum atomic E-state index is 9.84. The van der Waals surface area contributed by atoms with Crippen molar-refractivity contribution in [2.45, 2.75) is 31.8 Å². The molecule has 1 aromatic heterocycles. The molecule has 1 aliphatic rings. The average molecular weight is 276 g/mol. The van der Waals surface area contributed by atoms with Crippen LogP contribution in [0.2, 0.25) is 10.3 Å². The summed E-state index contributed by atoms with van der Waals surface area (Å²) in [7, 11) is 0. The van der Waals surface area contributed by atoms with E-state index in [0.717, 1.165) is 19.3 Å². The highest BCUT2D eigenvalue weighted by atomic mass is 35.5. The average Bonchev–Trinajstić information content (AvgIpc) is 2.32. The van der Waals surface area contributed by atoms with Crippen molar-refractivity contribution in [2.75, 3.05) is 11.9 Å². The van der Waals surface area contributed by atoms with Crippen molar-refractivity contribution in [1.29, 1.82) is 0 Å². The molecule has 0 aliphatic heterocycles. The number of aliphatic hydroxyl groups excluding tert-OH is 1. The number of nitrogens with one attached hydrogen (secondary N) is 1. The second-order valence-corrected chi connectivity index (χ2v) is 5.11. The summed E-state index contributed by atoms with van der Waals surface area (Å²) in [6.45, 7) is 0.683. The van der Waals surface area contributed by atoms with Crippen LogP contribution < -0.4 is 5.32 Å². The molecule has 0 spiro atoms. The Morgan fingerprint density at radius 1 is 1.29 bits per heavy atom. The van der Waals surface area contributed by atoms with Crippen LogP contribution in [-0.4, -0.2) is 28.0 Å². The van der Waals surface area contributed by atoms with Gasteiger partial charge in [0.05, 0.1) is 11.8 Å². The van der Waals surface area contributed by atoms with Crippen molar-refractivity contribution in [1.82, 2.24) is 10.2 Å². The van der Waals surface area contributed by atoms with Gasteiger partial charge in [-0.3, -0.25) is 0 Å². The summed E-state index contributed by atoms with van der Waals surface area (Å²) < 4.78 is 0. The Balaban J connectivity index is 1.94. The number of aromatic nitrogens is 2. The van der Waals surface area contributed by atoms with E-state index in [-0.39, 0.29) is 12.0 Å². The molecule has 2 atom stereocenters. The normalized spacial score (nSPS) is 24.6. The van der Waals surface area contributed by atoms with Gasteiger partial charge in [-0.25, -0.2) is 0 Å². The van der Waals surface area contributed by atoms with E-state index >= 15 is 0 Å². The minimum absolute atomic E-state index is 0.222. The minimum Gasteiger partial charge on any atom is -0.393 e. The predicted octanol–water partition coefficient (Wildman–Crippen LogP) is 2.75. The van der Waals surface area contributed by atoms with Crippen LogP contribution in [0.1, 0.15) is 25.7 Å². The van der Waals surface area contributed by atoms with Crippen LogP contribution in [0.4, 0.5) is 5.69 Å². The minimum atomic E-state index is -0.222. The van der Waals surface area contributed by atoms with E-state index in [0.29, 0.717) is 22.5 Å². The van der Waals surface area contributed by atoms with Gasteiger partial charge in [0.1, 0.15) is 0 Å². The maximum Gasteiger partial charge on any atom is 0.174 e. The first-order valence-electron chi connectivity index (χ1n) is 5.77. The maximum absolute atomic E-state index is 9.84. The third-order valence-corrected chi connectivity index (χ3v) is 3.61. The molecule has 6 heteroatoms. The standard InChI is InChI=1S/C11H15Cl2N3O/c12-10-5-8(11(13)16-15-10)14-6-7-3-1-2-4-9(7)17/h5,7,9,17H,1-4,6H2,(H,14,15). The summed E-state index contributed by atoms with van der Waals surface area (Å²) in [4.78, 5) is 0. The molecule has 94 valence electrons. The second-order valence-electron chi connectivity index (χ2n) is 4.36. The number of halogens is 2. The van der Waals surface area contributed by atoms with Crippen molar-refractivity contribution in [3.63, 3.8) is 0 Å². The van der Waals surface area contributed by atoms with Crippen LogP contribution in [-0.2, 0) is 0 Å². The van der Waals surface area contributed by atoms with Crippen LogP contribution in [0.25, 0.3) is 0 Å². The van der Waals surface area contributed by atoms with E-state index in [9.17, 15) is 5.11 Å². The first-order valence-corrected chi connectivity index (χ1v) is 6.53. The Morgan fingerprint density at radius 2 is 2.06 bits per heavy atom. The van der Waals surface area contributed by atoms with Gasteiger partial charge in [-0.1, -0.05) is 36.0 Å². The molecule has 1 heterocycles. The van der Waals surface area contributed by atoms with Crippen LogP contribution in [0.5, 0.6) is 0 Å². The van der Waals surface area contributed by atoms with Gasteiger partial charge >= 0.3 is 0 Å². The molecule has 0 amide bonds. The number of anilines is 1. The molecule has 0 bridgehead atoms. The topological polar surface area (TPSA) is 58.0 Å². The van der Waals surface area contributed by atoms with Gasteiger partial charge in [-0.05, 0) is 12.8 Å². The highest BCUT2D eigenvalue weighted by Crippen LogP contribution is 2.26. The summed E-state index contributed by atoms with van der Waals surface area (Å²) in [6.07, 6.45) is 3.99. The van der Waals surface area contributed by atoms with Crippen molar-refractivity contribution >= 4 is 28.9 Å². The van der Waals surface area contributed by atoms with E-state index < -0.39 is 0 Å². The monoisotopic (exact) mass is 275 g/mol. The van der Waals surface area contributed by atoms with E-state index in [1.54, 1.807) is 6.07 Å². The fourth-order valence-corrected chi connectivity index (χ4v) is 2.45. The lowest BCUT2D eigenvalue weighted by molar-refractivity contribution is 0.0763. The quantitative estimate of drug-likeness (QED) is 0.891. The summed E-state index contributed by atoms with van der Waals surface area (Å²) in [6, 6.07) is 1.64. The third-order valence-electron chi connectivity index (χ3n) is 3.14. The van der Waals surface area contributed by atoms with Crippen molar-refractivity contribution in [3.8, 4) is 0 Å². The molecule has 1 fully saturated rings. The molecular formula is C11H15Cl2N3O. The molecule has 1 aromatic rings. The molecule has 0 radical (unpaired) electrons. The fourth-order valence-electron chi connectivity index (χ4n) is 2.14. The second kappa shape index (κ2) is 5.85. The molecule has 1 saturated carbocycles. The lowest BCUT2D eigenvalue weighted by atomic mass is 9.86. The number of rotatable bonds is 3. The number of nitrogens with zero attached hydrogens (tertiary/aromatic N) is 2. The van der Waals surface area contributed by atoms with Crippen molar-refractivity contribution < 1.29 is 5.11 Å². The largest absolute Gasteiger partial charge is 0.393 e. The molecule has 2 unspecified atom stereocenters. The zero-order valence-corrected chi connectivity index (χ0v) is 10.9. The molecular weight excluding hydrogens is 261 g/mol. The van der Waals surface area contributed by atoms with Crippen LogP contribution in [0.3, 0.4) is 0 Å². The highest BCUT2D eigenvalue weighted by Gasteiger charge is 2.22. The van der Waals surface area contributed by atoms with Gasteiger partial charge in [-0.15, -0.1) is 10.2 Å². The molecule has 0 aromatic carbocycles. The SMILES string of the molecule is OC1CCCCC1CNc1cc(Cl)nnc1Cl. The van der Waals surface area contributed by atoms with Gasteiger partial charge in [0.25, 0.3) is 0 Å². The molecule has 2 rings (SSSR count). The smallest absolute Gasteiger partial charge is 0.174 e. The Hall–Kier alpha value is -0.580. The van der Waals surface area contributed by atoms with Crippen molar-refractivity contribution in [2.24, 2.45) is 5.92 Å². The Labute approximate surface area is 110 Å². The summed E-state index contributed by atoms with van der Waals surface area (Å²) in [5.74, 6) is 0.270. The van der Waals surface area contributed by atoms with Crippen molar-refractivity contribution in [3.05, 3.63) is 16.4 Å². The molecule has 4 nitrogen and oxygen atoms in total. The Bertz CT molecular complexity index is 389. The number of hydrogen-bond donors (Lipinski definition) is 2. The van der Waals surface area contributed by atoms with Gasteiger partial charge in [-0.2, -0.15) is 0 Å². The third kappa shape index (κ3) is 3.44. The van der Waals surface area contributed by atoms with E-state index in [1.807, 2.05) is 0 Å². The first-order chi connectivity index (χ1) is 8.16. The van der Waals surface area contributed by atoms with Gasteiger partial charge in [0.15, 0.2) is 10.3 Å². The summed E-state index contributed by atoms with van der Waals surface area (Å²) in [5.41, 5.74) is 0.671. The number of aliphatic hydroxyl groups is 1. The lowest BCUT2D eigenvalue weighted by Crippen LogP contribution is -2.30. The van der Waals surface area contributed by atoms with Crippen LogP contribution in [0.15, 0.2) is 6.07 Å². The molecule has 0 saturated heterocycles. The van der Waals surface area contributed by atoms with E-state index in [4.69, 9.17) is 23.2 Å². The summed E-state index contributed by atoms with van der Waals surface area (Å²) in [5, 5.41) is 21.0. The zero-order valence-electron chi connectivity index (χ0n) is 9.37. The Kier molecular flexibility index (Phi) is 4.42. The highest BCUT2D eigenvalue weighted by molar-refractivity contribution is 6.33. The molecule has 17 heavy (non-hydrogen) atoms. The fraction of sp³-hybridized carbons (Fsp3) is 0.636. The van der Waals surface area contributed by atoms with Gasteiger partial charge in [0, 0.05) is 18.5 Å². The van der Waals surface area contributed by atoms with Crippen LogP contribution >= 0.6 is 23.2 Å². The van der Waals surface area contributed by atoms with E-state index in [2.05, 4.69) is 15.5 Å². The van der Waals surface area contributed by atoms with E-state index in [1.165, 1.54) is 6.42 Å². The zero-order chi connectivity index (χ0) is 12.3. The molecule has 1 aliphatic carbocycles. The summed E-state index contributed by atoms with van der Waals surface area (Å²) >= 11 is 11.6. The predicted molar refractivity (Wildman–Crippen MR) is 68.5 cm³/mol.